The van der Waals surface area contributed by atoms with Crippen LogP contribution in [0.25, 0.3) is 0 Å². The first-order valence-corrected chi connectivity index (χ1v) is 10.9. The Bertz CT molecular complexity index is 1150. The molecule has 5 nitrogen and oxygen atoms in total. The highest BCUT2D eigenvalue weighted by molar-refractivity contribution is 7.87. The highest BCUT2D eigenvalue weighted by Crippen LogP contribution is 2.56. The molecule has 3 aromatic rings. The van der Waals surface area contributed by atoms with Crippen molar-refractivity contribution in [2.24, 2.45) is 0 Å². The van der Waals surface area contributed by atoms with E-state index in [1.807, 2.05) is 0 Å². The molecule has 3 rings (SSSR count). The van der Waals surface area contributed by atoms with Crippen molar-refractivity contribution in [2.45, 2.75) is 4.75 Å². The van der Waals surface area contributed by atoms with Gasteiger partial charge in [0.2, 0.25) is 0 Å². The highest BCUT2D eigenvalue weighted by Gasteiger charge is 2.52. The molecule has 0 aromatic heterocycles. The fourth-order valence-electron chi connectivity index (χ4n) is 3.20. The smallest absolute Gasteiger partial charge is 0.283 e. The van der Waals surface area contributed by atoms with Crippen LogP contribution in [0.5, 0.6) is 11.5 Å². The first kappa shape index (κ1) is 22.0. The van der Waals surface area contributed by atoms with Gasteiger partial charge in [-0.15, -0.1) is 0 Å². The van der Waals surface area contributed by atoms with Crippen LogP contribution in [-0.2, 0) is 14.9 Å². The summed E-state index contributed by atoms with van der Waals surface area (Å²) in [4.78, 5) is 0. The normalized spacial score (nSPS) is 13.8. The standard InChI is InChI=1S/C19H12Cl4O5S/c20-12-8-6-11(7-9-12)19(29(26,27)28,10-4-2-1-3-5-10)13-14(21)15(22)16(23)18(25)17(13)24/h1-9,24-25H,(H,26,27,28). The molecule has 10 heteroatoms. The van der Waals surface area contributed by atoms with E-state index < -0.39 is 47.0 Å². The average molecular weight is 494 g/mol. The van der Waals surface area contributed by atoms with Gasteiger partial charge in [-0.25, -0.2) is 0 Å². The van der Waals surface area contributed by atoms with Crippen LogP contribution in [0.2, 0.25) is 20.1 Å². The number of hydrogen-bond acceptors (Lipinski definition) is 4. The number of phenolic OH excluding ortho intramolecular Hbond substituents is 2. The summed E-state index contributed by atoms with van der Waals surface area (Å²) in [5.74, 6) is -1.82. The van der Waals surface area contributed by atoms with Crippen LogP contribution in [0.3, 0.4) is 0 Å². The van der Waals surface area contributed by atoms with Crippen molar-refractivity contribution in [2.75, 3.05) is 0 Å². The lowest BCUT2D eigenvalue weighted by Crippen LogP contribution is -2.38. The maximum absolute atomic E-state index is 12.9. The number of halogens is 4. The van der Waals surface area contributed by atoms with Crippen LogP contribution in [0.1, 0.15) is 16.7 Å². The molecule has 0 bridgehead atoms. The third-order valence-electron chi connectivity index (χ3n) is 4.44. The van der Waals surface area contributed by atoms with Crippen molar-refractivity contribution < 1.29 is 23.2 Å². The van der Waals surface area contributed by atoms with E-state index in [1.165, 1.54) is 48.5 Å². The minimum atomic E-state index is -5.09. The van der Waals surface area contributed by atoms with Gasteiger partial charge in [-0.3, -0.25) is 4.55 Å². The van der Waals surface area contributed by atoms with Gasteiger partial charge in [-0.1, -0.05) is 88.9 Å². The van der Waals surface area contributed by atoms with Crippen molar-refractivity contribution >= 4 is 56.5 Å². The van der Waals surface area contributed by atoms with Crippen molar-refractivity contribution in [1.29, 1.82) is 0 Å². The summed E-state index contributed by atoms with van der Waals surface area (Å²) < 4.78 is 33.9. The Hall–Kier alpha value is -1.67. The van der Waals surface area contributed by atoms with Crippen molar-refractivity contribution in [1.82, 2.24) is 0 Å². The molecule has 3 aromatic carbocycles. The highest BCUT2D eigenvalue weighted by atomic mass is 35.5. The Morgan fingerprint density at radius 1 is 0.690 bits per heavy atom. The molecule has 0 aliphatic heterocycles. The second-order valence-electron chi connectivity index (χ2n) is 6.04. The molecule has 152 valence electrons. The van der Waals surface area contributed by atoms with Crippen molar-refractivity contribution in [3.8, 4) is 11.5 Å². The van der Waals surface area contributed by atoms with Gasteiger partial charge < -0.3 is 10.2 Å². The monoisotopic (exact) mass is 492 g/mol. The molecule has 29 heavy (non-hydrogen) atoms. The average Bonchev–Trinajstić information content (AvgIpc) is 2.69. The van der Waals surface area contributed by atoms with Crippen LogP contribution < -0.4 is 0 Å². The molecule has 0 spiro atoms. The predicted octanol–water partition coefficient (Wildman–Crippen LogP) is 5.89. The van der Waals surface area contributed by atoms with E-state index in [-0.39, 0.29) is 11.1 Å². The molecule has 0 amide bonds. The number of aromatic hydroxyl groups is 2. The quantitative estimate of drug-likeness (QED) is 0.182. The summed E-state index contributed by atoms with van der Waals surface area (Å²) in [5.41, 5.74) is -0.535. The summed E-state index contributed by atoms with van der Waals surface area (Å²) in [6.45, 7) is 0. The second-order valence-corrected chi connectivity index (χ2v) is 9.18. The number of phenols is 2. The zero-order chi connectivity index (χ0) is 21.6. The Morgan fingerprint density at radius 3 is 1.72 bits per heavy atom. The maximum atomic E-state index is 12.9. The van der Waals surface area contributed by atoms with Gasteiger partial charge in [0.25, 0.3) is 10.1 Å². The summed E-state index contributed by atoms with van der Waals surface area (Å²) in [6, 6.07) is 13.0. The Kier molecular flexibility index (Phi) is 5.98. The molecule has 0 aliphatic rings. The third-order valence-corrected chi connectivity index (χ3v) is 7.46. The van der Waals surface area contributed by atoms with Crippen molar-refractivity contribution in [3.63, 3.8) is 0 Å². The van der Waals surface area contributed by atoms with E-state index >= 15 is 0 Å². The molecular weight excluding hydrogens is 482 g/mol. The van der Waals surface area contributed by atoms with Gasteiger partial charge in [0.1, 0.15) is 5.02 Å². The minimum absolute atomic E-state index is 0.00871. The SMILES string of the molecule is O=S(=O)(O)C(c1ccccc1)(c1ccc(Cl)cc1)c1c(O)c(O)c(Cl)c(Cl)c1Cl. The molecule has 1 atom stereocenters. The molecule has 0 fully saturated rings. The summed E-state index contributed by atoms with van der Waals surface area (Å²) in [5, 5.41) is 19.9. The van der Waals surface area contributed by atoms with Crippen LogP contribution in [0, 0.1) is 0 Å². The Labute approximate surface area is 186 Å². The van der Waals surface area contributed by atoms with Crippen molar-refractivity contribution in [3.05, 3.63) is 91.4 Å². The van der Waals surface area contributed by atoms with E-state index in [1.54, 1.807) is 6.07 Å². The van der Waals surface area contributed by atoms with E-state index in [9.17, 15) is 23.2 Å². The van der Waals surface area contributed by atoms with E-state index in [0.29, 0.717) is 5.02 Å². The van der Waals surface area contributed by atoms with Crippen LogP contribution in [0.15, 0.2) is 54.6 Å². The number of rotatable bonds is 4. The first-order chi connectivity index (χ1) is 13.5. The lowest BCUT2D eigenvalue weighted by Gasteiger charge is -2.34. The fourth-order valence-corrected chi connectivity index (χ4v) is 5.45. The molecule has 0 aliphatic carbocycles. The van der Waals surface area contributed by atoms with Gasteiger partial charge in [-0.05, 0) is 23.3 Å². The van der Waals surface area contributed by atoms with Gasteiger partial charge in [0.05, 0.1) is 15.6 Å². The predicted molar refractivity (Wildman–Crippen MR) is 114 cm³/mol. The van der Waals surface area contributed by atoms with E-state index in [4.69, 9.17) is 46.4 Å². The third kappa shape index (κ3) is 3.44. The van der Waals surface area contributed by atoms with E-state index in [0.717, 1.165) is 0 Å². The first-order valence-electron chi connectivity index (χ1n) is 7.91. The van der Waals surface area contributed by atoms with Gasteiger partial charge in [-0.2, -0.15) is 8.42 Å². The lowest BCUT2D eigenvalue weighted by atomic mass is 9.83. The molecule has 0 radical (unpaired) electrons. The number of benzene rings is 3. The summed E-state index contributed by atoms with van der Waals surface area (Å²) >= 11 is 24.2. The molecule has 1 unspecified atom stereocenters. The Morgan fingerprint density at radius 2 is 1.21 bits per heavy atom. The minimum Gasteiger partial charge on any atom is -0.504 e. The molecule has 0 heterocycles. The number of hydrogen-bond donors (Lipinski definition) is 3. The molecule has 3 N–H and O–H groups in total. The zero-order valence-electron chi connectivity index (χ0n) is 14.3. The van der Waals surface area contributed by atoms with Crippen LogP contribution in [0.4, 0.5) is 0 Å². The van der Waals surface area contributed by atoms with Gasteiger partial charge in [0.15, 0.2) is 16.2 Å². The zero-order valence-corrected chi connectivity index (χ0v) is 18.1. The lowest BCUT2D eigenvalue weighted by molar-refractivity contribution is 0.394. The van der Waals surface area contributed by atoms with E-state index in [2.05, 4.69) is 0 Å². The summed E-state index contributed by atoms with van der Waals surface area (Å²) in [6.07, 6.45) is 0. The molecule has 0 saturated heterocycles. The molecule has 0 saturated carbocycles. The van der Waals surface area contributed by atoms with Gasteiger partial charge in [0, 0.05) is 5.02 Å². The summed E-state index contributed by atoms with van der Waals surface area (Å²) in [7, 11) is -5.09. The maximum Gasteiger partial charge on any atom is 0.283 e. The second kappa shape index (κ2) is 7.87. The largest absolute Gasteiger partial charge is 0.504 e. The topological polar surface area (TPSA) is 94.8 Å². The molecular formula is C19H12Cl4O5S. The van der Waals surface area contributed by atoms with Crippen LogP contribution >= 0.6 is 46.4 Å². The van der Waals surface area contributed by atoms with Gasteiger partial charge >= 0.3 is 0 Å². The van der Waals surface area contributed by atoms with Crippen LogP contribution in [-0.4, -0.2) is 23.2 Å². The Balaban J connectivity index is 2.64. The fraction of sp³-hybridized carbons (Fsp3) is 0.0526.